The van der Waals surface area contributed by atoms with E-state index in [1.807, 2.05) is 19.1 Å². The average molecular weight is 369 g/mol. The molecule has 2 fully saturated rings. The summed E-state index contributed by atoms with van der Waals surface area (Å²) in [5.41, 5.74) is -0.418. The molecule has 1 unspecified atom stereocenters. The van der Waals surface area contributed by atoms with Gasteiger partial charge in [-0.2, -0.15) is 0 Å². The average Bonchev–Trinajstić information content (AvgIpc) is 2.57. The Kier molecular flexibility index (Phi) is 4.99. The number of benzene rings is 1. The van der Waals surface area contributed by atoms with Crippen LogP contribution in [-0.2, 0) is 4.74 Å². The highest BCUT2D eigenvalue weighted by Crippen LogP contribution is 2.40. The maximum atomic E-state index is 12.6. The third kappa shape index (κ3) is 3.49. The molecule has 0 saturated carbocycles. The molecule has 2 atom stereocenters. The van der Waals surface area contributed by atoms with Crippen LogP contribution >= 0.6 is 11.6 Å². The molecule has 0 radical (unpaired) electrons. The third-order valence-corrected chi connectivity index (χ3v) is 5.75. The predicted molar refractivity (Wildman–Crippen MR) is 95.9 cm³/mol. The van der Waals surface area contributed by atoms with Gasteiger partial charge in [0.15, 0.2) is 0 Å². The van der Waals surface area contributed by atoms with Crippen LogP contribution in [0.25, 0.3) is 0 Å². The van der Waals surface area contributed by atoms with Crippen LogP contribution in [0.3, 0.4) is 0 Å². The summed E-state index contributed by atoms with van der Waals surface area (Å²) in [7, 11) is 0. The van der Waals surface area contributed by atoms with Gasteiger partial charge >= 0.3 is 6.03 Å². The van der Waals surface area contributed by atoms with Gasteiger partial charge in [-0.05, 0) is 38.3 Å². The number of likely N-dealkylation sites (tertiary alicyclic amines) is 1. The number of aryl methyl sites for hydroxylation is 1. The number of anilines is 1. The van der Waals surface area contributed by atoms with Crippen LogP contribution in [0.4, 0.5) is 10.5 Å². The summed E-state index contributed by atoms with van der Waals surface area (Å²) in [6.45, 7) is 4.84. The van der Waals surface area contributed by atoms with E-state index in [1.165, 1.54) is 0 Å². The zero-order valence-electron chi connectivity index (χ0n) is 14.6. The van der Waals surface area contributed by atoms with E-state index in [0.29, 0.717) is 49.7 Å². The largest absolute Gasteiger partial charge is 0.387 e. The van der Waals surface area contributed by atoms with Gasteiger partial charge in [0.25, 0.3) is 0 Å². The SMILES string of the molecule is Cc1cccc(Cl)c1NC(=O)N1CCC2(CC1)OCC[C@@](C)(O)C2O. The Morgan fingerprint density at radius 2 is 2.04 bits per heavy atom. The van der Waals surface area contributed by atoms with Gasteiger partial charge in [0.05, 0.1) is 22.9 Å². The molecule has 3 rings (SSSR count). The molecule has 2 heterocycles. The highest BCUT2D eigenvalue weighted by molar-refractivity contribution is 6.33. The standard InChI is InChI=1S/C18H25ClN2O4/c1-12-4-3-5-13(19)14(12)20-16(23)21-9-6-18(7-10-21)15(22)17(2,24)8-11-25-18/h3-5,15,22,24H,6-11H2,1-2H3,(H,20,23)/t15?,17-/m1/s1. The molecule has 2 aliphatic heterocycles. The summed E-state index contributed by atoms with van der Waals surface area (Å²) in [4.78, 5) is 14.2. The lowest BCUT2D eigenvalue weighted by atomic mass is 9.75. The van der Waals surface area contributed by atoms with Crippen molar-refractivity contribution in [3.63, 3.8) is 0 Å². The quantitative estimate of drug-likeness (QED) is 0.711. The fourth-order valence-electron chi connectivity index (χ4n) is 3.73. The first-order chi connectivity index (χ1) is 11.8. The van der Waals surface area contributed by atoms with Crippen molar-refractivity contribution in [3.8, 4) is 0 Å². The molecular formula is C18H25ClN2O4. The Labute approximate surface area is 152 Å². The number of aliphatic hydroxyl groups is 2. The molecule has 2 amide bonds. The van der Waals surface area contributed by atoms with Gasteiger partial charge in [0, 0.05) is 19.5 Å². The fraction of sp³-hybridized carbons (Fsp3) is 0.611. The second-order valence-corrected chi connectivity index (χ2v) is 7.68. The first-order valence-corrected chi connectivity index (χ1v) is 8.98. The Morgan fingerprint density at radius 3 is 2.68 bits per heavy atom. The van der Waals surface area contributed by atoms with E-state index in [2.05, 4.69) is 5.32 Å². The van der Waals surface area contributed by atoms with Gasteiger partial charge < -0.3 is 25.2 Å². The van der Waals surface area contributed by atoms with Crippen molar-refractivity contribution in [1.82, 2.24) is 4.90 Å². The van der Waals surface area contributed by atoms with Crippen molar-refractivity contribution in [2.24, 2.45) is 0 Å². The number of piperidine rings is 1. The number of ether oxygens (including phenoxy) is 1. The summed E-state index contributed by atoms with van der Waals surface area (Å²) in [6, 6.07) is 5.25. The minimum absolute atomic E-state index is 0.219. The first kappa shape index (κ1) is 18.5. The monoisotopic (exact) mass is 368 g/mol. The number of nitrogens with zero attached hydrogens (tertiary/aromatic N) is 1. The topological polar surface area (TPSA) is 82.0 Å². The van der Waals surface area contributed by atoms with E-state index in [4.69, 9.17) is 16.3 Å². The molecule has 2 aliphatic rings. The summed E-state index contributed by atoms with van der Waals surface area (Å²) in [5.74, 6) is 0. The number of hydrogen-bond donors (Lipinski definition) is 3. The van der Waals surface area contributed by atoms with E-state index < -0.39 is 17.3 Å². The molecule has 138 valence electrons. The Morgan fingerprint density at radius 1 is 1.36 bits per heavy atom. The lowest BCUT2D eigenvalue weighted by Gasteiger charge is -2.51. The van der Waals surface area contributed by atoms with Crippen molar-refractivity contribution in [2.75, 3.05) is 25.0 Å². The Bertz CT molecular complexity index is 636. The molecule has 0 aliphatic carbocycles. The third-order valence-electron chi connectivity index (χ3n) is 5.44. The zero-order valence-corrected chi connectivity index (χ0v) is 15.3. The molecule has 7 heteroatoms. The highest BCUT2D eigenvalue weighted by atomic mass is 35.5. The van der Waals surface area contributed by atoms with Crippen LogP contribution in [0.1, 0.15) is 31.7 Å². The summed E-state index contributed by atoms with van der Waals surface area (Å²) in [5, 5.41) is 24.3. The second-order valence-electron chi connectivity index (χ2n) is 7.27. The van der Waals surface area contributed by atoms with Crippen LogP contribution in [0.15, 0.2) is 18.2 Å². The van der Waals surface area contributed by atoms with Crippen LogP contribution in [0.5, 0.6) is 0 Å². The van der Waals surface area contributed by atoms with E-state index in [0.717, 1.165) is 5.56 Å². The molecule has 3 N–H and O–H groups in total. The molecular weight excluding hydrogens is 344 g/mol. The number of rotatable bonds is 1. The lowest BCUT2D eigenvalue weighted by molar-refractivity contribution is -0.244. The number of aliphatic hydroxyl groups excluding tert-OH is 1. The second kappa shape index (κ2) is 6.76. The minimum atomic E-state index is -1.16. The van der Waals surface area contributed by atoms with E-state index >= 15 is 0 Å². The molecule has 0 aromatic heterocycles. The fourth-order valence-corrected chi connectivity index (χ4v) is 3.99. The van der Waals surface area contributed by atoms with Crippen LogP contribution in [-0.4, -0.2) is 58.1 Å². The van der Waals surface area contributed by atoms with Gasteiger partial charge in [0.1, 0.15) is 11.7 Å². The molecule has 1 spiro atoms. The maximum Gasteiger partial charge on any atom is 0.321 e. The normalized spacial score (nSPS) is 28.8. The Hall–Kier alpha value is -1.34. The van der Waals surface area contributed by atoms with Crippen LogP contribution < -0.4 is 5.32 Å². The van der Waals surface area contributed by atoms with Crippen LogP contribution in [0.2, 0.25) is 5.02 Å². The van der Waals surface area contributed by atoms with Gasteiger partial charge in [0.2, 0.25) is 0 Å². The van der Waals surface area contributed by atoms with Crippen molar-refractivity contribution in [2.45, 2.75) is 50.4 Å². The van der Waals surface area contributed by atoms with Crippen LogP contribution in [0, 0.1) is 6.92 Å². The molecule has 2 saturated heterocycles. The van der Waals surface area contributed by atoms with Gasteiger partial charge in [-0.1, -0.05) is 23.7 Å². The first-order valence-electron chi connectivity index (χ1n) is 8.61. The maximum absolute atomic E-state index is 12.6. The number of nitrogens with one attached hydrogen (secondary N) is 1. The van der Waals surface area contributed by atoms with E-state index in [9.17, 15) is 15.0 Å². The number of carbonyl (C=O) groups is 1. The van der Waals surface area contributed by atoms with Crippen molar-refractivity contribution < 1.29 is 19.7 Å². The number of amides is 2. The summed E-state index contributed by atoms with van der Waals surface area (Å²) >= 11 is 6.17. The van der Waals surface area contributed by atoms with Gasteiger partial charge in [-0.25, -0.2) is 4.79 Å². The number of carbonyl (C=O) groups excluding carboxylic acids is 1. The molecule has 6 nitrogen and oxygen atoms in total. The molecule has 0 bridgehead atoms. The van der Waals surface area contributed by atoms with Gasteiger partial charge in [-0.15, -0.1) is 0 Å². The minimum Gasteiger partial charge on any atom is -0.387 e. The highest BCUT2D eigenvalue weighted by Gasteiger charge is 2.52. The molecule has 1 aromatic rings. The van der Waals surface area contributed by atoms with Gasteiger partial charge in [-0.3, -0.25) is 0 Å². The van der Waals surface area contributed by atoms with Crippen molar-refractivity contribution in [3.05, 3.63) is 28.8 Å². The zero-order chi connectivity index (χ0) is 18.2. The van der Waals surface area contributed by atoms with Crippen molar-refractivity contribution >= 4 is 23.3 Å². The Balaban J connectivity index is 1.65. The number of halogens is 1. The molecule has 1 aromatic carbocycles. The lowest BCUT2D eigenvalue weighted by Crippen LogP contribution is -2.64. The number of urea groups is 1. The summed E-state index contributed by atoms with van der Waals surface area (Å²) < 4.78 is 5.85. The number of para-hydroxylation sites is 1. The van der Waals surface area contributed by atoms with E-state index in [-0.39, 0.29) is 6.03 Å². The smallest absolute Gasteiger partial charge is 0.321 e. The predicted octanol–water partition coefficient (Wildman–Crippen LogP) is 2.55. The molecule has 25 heavy (non-hydrogen) atoms. The van der Waals surface area contributed by atoms with E-state index in [1.54, 1.807) is 17.9 Å². The number of hydrogen-bond acceptors (Lipinski definition) is 4. The summed E-state index contributed by atoms with van der Waals surface area (Å²) in [6.07, 6.45) is 0.425. The van der Waals surface area contributed by atoms with Crippen molar-refractivity contribution in [1.29, 1.82) is 0 Å².